The van der Waals surface area contributed by atoms with E-state index < -0.39 is 0 Å². The summed E-state index contributed by atoms with van der Waals surface area (Å²) in [6.45, 7) is 14.7. The summed E-state index contributed by atoms with van der Waals surface area (Å²) in [4.78, 5) is 30.1. The monoisotopic (exact) mass is 409 g/mol. The van der Waals surface area contributed by atoms with Gasteiger partial charge in [-0.15, -0.1) is 0 Å². The number of amides is 2. The quantitative estimate of drug-likeness (QED) is 0.619. The van der Waals surface area contributed by atoms with Gasteiger partial charge in [0.15, 0.2) is 0 Å². The minimum absolute atomic E-state index is 0.00562. The number of benzene rings is 2. The van der Waals surface area contributed by atoms with Crippen molar-refractivity contribution < 1.29 is 9.59 Å². The number of nitrogens with one attached hydrogen (secondary N) is 1. The van der Waals surface area contributed by atoms with Crippen molar-refractivity contribution >= 4 is 17.5 Å². The first-order valence-electron chi connectivity index (χ1n) is 10.8. The first-order valence-corrected chi connectivity index (χ1v) is 10.8. The molecule has 5 heteroatoms. The van der Waals surface area contributed by atoms with E-state index in [1.54, 1.807) is 18.2 Å². The lowest BCUT2D eigenvalue weighted by atomic mass is 10.1. The molecular weight excluding hydrogens is 374 g/mol. The van der Waals surface area contributed by atoms with Crippen LogP contribution in [0.15, 0.2) is 48.5 Å². The van der Waals surface area contributed by atoms with E-state index in [1.165, 1.54) is 0 Å². The molecule has 0 atom stereocenters. The Hall–Kier alpha value is -2.66. The molecular formula is C25H35N3O2. The lowest BCUT2D eigenvalue weighted by Crippen LogP contribution is -2.40. The number of hydrogen-bond donors (Lipinski definition) is 1. The van der Waals surface area contributed by atoms with Crippen molar-refractivity contribution in [3.05, 3.63) is 65.2 Å². The number of hydrogen-bond acceptors (Lipinski definition) is 3. The molecule has 0 spiro atoms. The molecule has 0 radical (unpaired) electrons. The number of likely N-dealkylation sites (N-methyl/N-ethyl adjacent to an activating group) is 1. The van der Waals surface area contributed by atoms with Gasteiger partial charge in [-0.05, 0) is 55.8 Å². The predicted octanol–water partition coefficient (Wildman–Crippen LogP) is 4.69. The maximum absolute atomic E-state index is 13.3. The van der Waals surface area contributed by atoms with Crippen molar-refractivity contribution in [2.75, 3.05) is 38.0 Å². The van der Waals surface area contributed by atoms with Gasteiger partial charge >= 0.3 is 0 Å². The van der Waals surface area contributed by atoms with Crippen LogP contribution in [0.3, 0.4) is 0 Å². The highest BCUT2D eigenvalue weighted by Gasteiger charge is 2.19. The van der Waals surface area contributed by atoms with Crippen LogP contribution in [-0.4, -0.2) is 54.3 Å². The fourth-order valence-electron chi connectivity index (χ4n) is 3.37. The number of carbonyl (C=O) groups excluding carboxylic acids is 2. The molecule has 0 fully saturated rings. The van der Waals surface area contributed by atoms with Gasteiger partial charge in [-0.25, -0.2) is 0 Å². The van der Waals surface area contributed by atoms with Gasteiger partial charge in [0.05, 0.1) is 0 Å². The summed E-state index contributed by atoms with van der Waals surface area (Å²) in [6, 6.07) is 14.6. The second kappa shape index (κ2) is 11.5. The van der Waals surface area contributed by atoms with Crippen LogP contribution in [0.5, 0.6) is 0 Å². The lowest BCUT2D eigenvalue weighted by Gasteiger charge is -2.28. The number of anilines is 1. The summed E-state index contributed by atoms with van der Waals surface area (Å²) < 4.78 is 0. The fourth-order valence-corrected chi connectivity index (χ4v) is 3.37. The van der Waals surface area contributed by atoms with Crippen molar-refractivity contribution in [2.45, 2.75) is 34.6 Å². The average molecular weight is 410 g/mol. The standard InChI is InChI=1S/C25H35N3O2/c1-6-27(7-2)15-16-28(18-19(3)4)25(30)22-14-13-20(5)23(17-22)26-24(29)21-11-9-8-10-12-21/h8-14,17,19H,6-7,15-16,18H2,1-5H3,(H,26,29). The molecule has 0 aromatic heterocycles. The average Bonchev–Trinajstić information content (AvgIpc) is 2.75. The third-order valence-electron chi connectivity index (χ3n) is 5.22. The van der Waals surface area contributed by atoms with Crippen LogP contribution in [0, 0.1) is 12.8 Å². The molecule has 2 aromatic carbocycles. The van der Waals surface area contributed by atoms with Gasteiger partial charge in [0.25, 0.3) is 11.8 Å². The van der Waals surface area contributed by atoms with Gasteiger partial charge < -0.3 is 15.1 Å². The van der Waals surface area contributed by atoms with Crippen LogP contribution in [0.2, 0.25) is 0 Å². The maximum atomic E-state index is 13.3. The second-order valence-electron chi connectivity index (χ2n) is 8.02. The summed E-state index contributed by atoms with van der Waals surface area (Å²) >= 11 is 0. The Kier molecular flexibility index (Phi) is 9.06. The van der Waals surface area contributed by atoms with Crippen molar-refractivity contribution in [3.8, 4) is 0 Å². The number of aryl methyl sites for hydroxylation is 1. The fraction of sp³-hybridized carbons (Fsp3) is 0.440. The maximum Gasteiger partial charge on any atom is 0.255 e. The van der Waals surface area contributed by atoms with E-state index in [4.69, 9.17) is 0 Å². The van der Waals surface area contributed by atoms with Gasteiger partial charge in [0.2, 0.25) is 0 Å². The third-order valence-corrected chi connectivity index (χ3v) is 5.22. The first kappa shape index (κ1) is 23.6. The Morgan fingerprint density at radius 1 is 0.933 bits per heavy atom. The zero-order valence-corrected chi connectivity index (χ0v) is 18.9. The zero-order chi connectivity index (χ0) is 22.1. The Morgan fingerprint density at radius 2 is 1.60 bits per heavy atom. The molecule has 0 saturated heterocycles. The van der Waals surface area contributed by atoms with E-state index in [0.29, 0.717) is 35.8 Å². The van der Waals surface area contributed by atoms with Crippen LogP contribution in [0.4, 0.5) is 5.69 Å². The summed E-state index contributed by atoms with van der Waals surface area (Å²) in [5.74, 6) is 0.211. The Morgan fingerprint density at radius 3 is 2.20 bits per heavy atom. The summed E-state index contributed by atoms with van der Waals surface area (Å²) in [6.07, 6.45) is 0. The molecule has 1 N–H and O–H groups in total. The topological polar surface area (TPSA) is 52.6 Å². The van der Waals surface area contributed by atoms with E-state index in [2.05, 4.69) is 37.9 Å². The molecule has 0 heterocycles. The molecule has 2 aromatic rings. The van der Waals surface area contributed by atoms with Crippen LogP contribution >= 0.6 is 0 Å². The van der Waals surface area contributed by atoms with Gasteiger partial charge in [0, 0.05) is 36.4 Å². The van der Waals surface area contributed by atoms with Crippen molar-refractivity contribution in [2.24, 2.45) is 5.92 Å². The second-order valence-corrected chi connectivity index (χ2v) is 8.02. The highest BCUT2D eigenvalue weighted by atomic mass is 16.2. The van der Waals surface area contributed by atoms with Gasteiger partial charge in [-0.3, -0.25) is 9.59 Å². The van der Waals surface area contributed by atoms with Crippen molar-refractivity contribution in [3.63, 3.8) is 0 Å². The first-order chi connectivity index (χ1) is 14.3. The predicted molar refractivity (Wildman–Crippen MR) is 124 cm³/mol. The van der Waals surface area contributed by atoms with Crippen LogP contribution in [-0.2, 0) is 0 Å². The Labute approximate surface area is 181 Å². The lowest BCUT2D eigenvalue weighted by molar-refractivity contribution is 0.0716. The molecule has 2 rings (SSSR count). The van der Waals surface area contributed by atoms with E-state index in [-0.39, 0.29) is 11.8 Å². The molecule has 30 heavy (non-hydrogen) atoms. The number of nitrogens with zero attached hydrogens (tertiary/aromatic N) is 2. The SMILES string of the molecule is CCN(CC)CCN(CC(C)C)C(=O)c1ccc(C)c(NC(=O)c2ccccc2)c1. The van der Waals surface area contributed by atoms with E-state index in [1.807, 2.05) is 42.2 Å². The summed E-state index contributed by atoms with van der Waals surface area (Å²) in [5, 5.41) is 2.95. The smallest absolute Gasteiger partial charge is 0.255 e. The normalized spacial score (nSPS) is 11.0. The molecule has 0 aliphatic carbocycles. The van der Waals surface area contributed by atoms with Gasteiger partial charge in [-0.1, -0.05) is 52.0 Å². The van der Waals surface area contributed by atoms with Crippen LogP contribution in [0.1, 0.15) is 54.0 Å². The van der Waals surface area contributed by atoms with E-state index >= 15 is 0 Å². The minimum Gasteiger partial charge on any atom is -0.337 e. The van der Waals surface area contributed by atoms with E-state index in [0.717, 1.165) is 25.2 Å². The van der Waals surface area contributed by atoms with Crippen molar-refractivity contribution in [1.82, 2.24) is 9.80 Å². The Bertz CT molecular complexity index is 830. The highest BCUT2D eigenvalue weighted by Crippen LogP contribution is 2.20. The molecule has 2 amide bonds. The third kappa shape index (κ3) is 6.70. The largest absolute Gasteiger partial charge is 0.337 e. The van der Waals surface area contributed by atoms with E-state index in [9.17, 15) is 9.59 Å². The number of rotatable bonds is 10. The molecule has 0 saturated carbocycles. The van der Waals surface area contributed by atoms with Gasteiger partial charge in [-0.2, -0.15) is 0 Å². The van der Waals surface area contributed by atoms with Crippen molar-refractivity contribution in [1.29, 1.82) is 0 Å². The molecule has 0 aliphatic heterocycles. The zero-order valence-electron chi connectivity index (χ0n) is 18.9. The molecule has 162 valence electrons. The number of carbonyl (C=O) groups is 2. The summed E-state index contributed by atoms with van der Waals surface area (Å²) in [7, 11) is 0. The molecule has 0 bridgehead atoms. The summed E-state index contributed by atoms with van der Waals surface area (Å²) in [5.41, 5.74) is 2.79. The van der Waals surface area contributed by atoms with Crippen LogP contribution < -0.4 is 5.32 Å². The Balaban J connectivity index is 2.19. The highest BCUT2D eigenvalue weighted by molar-refractivity contribution is 6.05. The van der Waals surface area contributed by atoms with Crippen LogP contribution in [0.25, 0.3) is 0 Å². The molecule has 0 unspecified atom stereocenters. The molecule has 0 aliphatic rings. The minimum atomic E-state index is -0.177. The molecule has 5 nitrogen and oxygen atoms in total. The van der Waals surface area contributed by atoms with Gasteiger partial charge in [0.1, 0.15) is 0 Å².